The van der Waals surface area contributed by atoms with Crippen molar-refractivity contribution in [3.8, 4) is 11.5 Å². The van der Waals surface area contributed by atoms with Crippen molar-refractivity contribution < 1.29 is 27.5 Å². The van der Waals surface area contributed by atoms with E-state index in [1.807, 2.05) is 6.92 Å². The molecular formula is C26H23F3N2O3. The summed E-state index contributed by atoms with van der Waals surface area (Å²) in [7, 11) is 0. The molecule has 4 rings (SSSR count). The van der Waals surface area contributed by atoms with Crippen LogP contribution < -0.4 is 10.1 Å². The molecule has 0 spiro atoms. The number of hydrogen-bond acceptors (Lipinski definition) is 4. The third-order valence-electron chi connectivity index (χ3n) is 5.52. The second kappa shape index (κ2) is 9.67. The van der Waals surface area contributed by atoms with E-state index in [1.165, 1.54) is 12.1 Å². The number of aromatic nitrogens is 1. The third-order valence-corrected chi connectivity index (χ3v) is 5.52. The normalized spacial score (nSPS) is 13.4. The Morgan fingerprint density at radius 1 is 1.03 bits per heavy atom. The summed E-state index contributed by atoms with van der Waals surface area (Å²) in [6.45, 7) is 1.84. The first kappa shape index (κ1) is 23.5. The number of halogens is 3. The number of pyridine rings is 1. The average molecular weight is 468 g/mol. The van der Waals surface area contributed by atoms with Gasteiger partial charge in [-0.2, -0.15) is 13.2 Å². The van der Waals surface area contributed by atoms with E-state index in [0.717, 1.165) is 36.1 Å². The topological polar surface area (TPSA) is 68.3 Å². The van der Waals surface area contributed by atoms with E-state index < -0.39 is 11.7 Å². The van der Waals surface area contributed by atoms with Crippen LogP contribution in [-0.2, 0) is 28.6 Å². The van der Waals surface area contributed by atoms with Crippen molar-refractivity contribution in [2.75, 3.05) is 5.32 Å². The number of ketones is 1. The van der Waals surface area contributed by atoms with Crippen LogP contribution in [0.3, 0.4) is 0 Å². The number of amides is 1. The molecule has 1 heterocycles. The Morgan fingerprint density at radius 3 is 2.50 bits per heavy atom. The summed E-state index contributed by atoms with van der Waals surface area (Å²) in [5.41, 5.74) is 1.17. The van der Waals surface area contributed by atoms with Gasteiger partial charge in [0.05, 0.1) is 5.56 Å². The monoisotopic (exact) mass is 468 g/mol. The Morgan fingerprint density at radius 2 is 1.79 bits per heavy atom. The van der Waals surface area contributed by atoms with Crippen molar-refractivity contribution in [3.63, 3.8) is 0 Å². The van der Waals surface area contributed by atoms with Gasteiger partial charge in [0.1, 0.15) is 23.1 Å². The zero-order valence-electron chi connectivity index (χ0n) is 18.5. The zero-order valence-corrected chi connectivity index (χ0v) is 18.5. The average Bonchev–Trinajstić information content (AvgIpc) is 3.61. The van der Waals surface area contributed by atoms with Gasteiger partial charge in [-0.1, -0.05) is 24.3 Å². The minimum Gasteiger partial charge on any atom is -0.457 e. The van der Waals surface area contributed by atoms with Gasteiger partial charge in [-0.05, 0) is 60.7 Å². The van der Waals surface area contributed by atoms with Gasteiger partial charge < -0.3 is 10.1 Å². The molecule has 0 saturated heterocycles. The van der Waals surface area contributed by atoms with Crippen molar-refractivity contribution in [2.24, 2.45) is 5.92 Å². The van der Waals surface area contributed by atoms with Crippen LogP contribution in [0, 0.1) is 12.8 Å². The van der Waals surface area contributed by atoms with Crippen LogP contribution >= 0.6 is 0 Å². The Balaban J connectivity index is 1.38. The summed E-state index contributed by atoms with van der Waals surface area (Å²) in [5, 5.41) is 2.77. The van der Waals surface area contributed by atoms with Gasteiger partial charge >= 0.3 is 6.18 Å². The molecule has 1 fully saturated rings. The highest BCUT2D eigenvalue weighted by atomic mass is 19.4. The molecule has 0 aliphatic heterocycles. The summed E-state index contributed by atoms with van der Waals surface area (Å²) in [5.74, 6) is 1.33. The molecule has 1 saturated carbocycles. The van der Waals surface area contributed by atoms with Gasteiger partial charge in [-0.25, -0.2) is 4.98 Å². The quantitative estimate of drug-likeness (QED) is 0.447. The fourth-order valence-corrected chi connectivity index (χ4v) is 3.54. The summed E-state index contributed by atoms with van der Waals surface area (Å²) in [6, 6.07) is 13.4. The number of rotatable bonds is 8. The predicted octanol–water partition coefficient (Wildman–Crippen LogP) is 5.90. The zero-order chi connectivity index (χ0) is 24.3. The first-order chi connectivity index (χ1) is 16.2. The van der Waals surface area contributed by atoms with Gasteiger partial charge in [0.2, 0.25) is 5.91 Å². The maximum Gasteiger partial charge on any atom is 0.416 e. The van der Waals surface area contributed by atoms with E-state index >= 15 is 0 Å². The van der Waals surface area contributed by atoms with E-state index in [4.69, 9.17) is 4.74 Å². The van der Waals surface area contributed by atoms with Crippen molar-refractivity contribution in [1.29, 1.82) is 0 Å². The number of anilines is 1. The molecule has 0 bridgehead atoms. The lowest BCUT2D eigenvalue weighted by molar-refractivity contribution is -0.137. The molecule has 1 N–H and O–H groups in total. The Labute approximate surface area is 195 Å². The number of benzene rings is 2. The van der Waals surface area contributed by atoms with E-state index in [2.05, 4.69) is 10.3 Å². The standard InChI is InChI=1S/C26H23F3N2O3/c1-16-11-22(34-23-9-10-30-24(15-23)31-25(33)18-5-6-18)8-7-19(16)14-21(32)13-17-3-2-4-20(12-17)26(27,28)29/h2-4,7-12,15,18H,5-6,13-14H2,1H3,(H,30,31,33). The van der Waals surface area contributed by atoms with Crippen molar-refractivity contribution >= 4 is 17.5 Å². The highest BCUT2D eigenvalue weighted by Crippen LogP contribution is 2.31. The molecule has 2 aromatic carbocycles. The molecule has 176 valence electrons. The summed E-state index contributed by atoms with van der Waals surface area (Å²) in [4.78, 5) is 28.6. The fourth-order valence-electron chi connectivity index (χ4n) is 3.54. The Bertz CT molecular complexity index is 1220. The molecule has 1 amide bonds. The van der Waals surface area contributed by atoms with E-state index in [0.29, 0.717) is 22.9 Å². The van der Waals surface area contributed by atoms with Crippen LogP contribution in [0.2, 0.25) is 0 Å². The van der Waals surface area contributed by atoms with E-state index in [1.54, 1.807) is 36.5 Å². The fraction of sp³-hybridized carbons (Fsp3) is 0.269. The lowest BCUT2D eigenvalue weighted by atomic mass is 9.98. The van der Waals surface area contributed by atoms with Crippen LogP contribution in [0.25, 0.3) is 0 Å². The van der Waals surface area contributed by atoms with Crippen LogP contribution in [-0.4, -0.2) is 16.7 Å². The number of alkyl halides is 3. The number of ether oxygens (including phenoxy) is 1. The number of carbonyl (C=O) groups is 2. The minimum absolute atomic E-state index is 0.0420. The lowest BCUT2D eigenvalue weighted by Gasteiger charge is -2.11. The van der Waals surface area contributed by atoms with Gasteiger partial charge in [-0.3, -0.25) is 9.59 Å². The maximum absolute atomic E-state index is 12.9. The van der Waals surface area contributed by atoms with Crippen LogP contribution in [0.1, 0.15) is 35.1 Å². The highest BCUT2D eigenvalue weighted by Gasteiger charge is 2.31. The maximum atomic E-state index is 12.9. The molecular weight excluding hydrogens is 445 g/mol. The molecule has 5 nitrogen and oxygen atoms in total. The first-order valence-corrected chi connectivity index (χ1v) is 10.9. The third kappa shape index (κ3) is 6.21. The SMILES string of the molecule is Cc1cc(Oc2ccnc(NC(=O)C3CC3)c2)ccc1CC(=O)Cc1cccc(C(F)(F)F)c1. The van der Waals surface area contributed by atoms with Crippen LogP contribution in [0.4, 0.5) is 19.0 Å². The van der Waals surface area contributed by atoms with Crippen LogP contribution in [0.15, 0.2) is 60.8 Å². The van der Waals surface area contributed by atoms with E-state index in [9.17, 15) is 22.8 Å². The number of nitrogens with one attached hydrogen (secondary N) is 1. The van der Waals surface area contributed by atoms with Crippen molar-refractivity contribution in [2.45, 2.75) is 38.8 Å². The number of hydrogen-bond donors (Lipinski definition) is 1. The predicted molar refractivity (Wildman–Crippen MR) is 121 cm³/mol. The smallest absolute Gasteiger partial charge is 0.416 e. The molecule has 0 unspecified atom stereocenters. The lowest BCUT2D eigenvalue weighted by Crippen LogP contribution is -2.14. The molecule has 3 aromatic rings. The van der Waals surface area contributed by atoms with Gasteiger partial charge in [0, 0.05) is 31.0 Å². The molecule has 1 aliphatic carbocycles. The summed E-state index contributed by atoms with van der Waals surface area (Å²) in [6.07, 6.45) is -1.06. The highest BCUT2D eigenvalue weighted by molar-refractivity contribution is 5.93. The van der Waals surface area contributed by atoms with Crippen molar-refractivity contribution in [1.82, 2.24) is 4.98 Å². The van der Waals surface area contributed by atoms with Gasteiger partial charge in [-0.15, -0.1) is 0 Å². The van der Waals surface area contributed by atoms with E-state index in [-0.39, 0.29) is 30.4 Å². The van der Waals surface area contributed by atoms with Crippen LogP contribution in [0.5, 0.6) is 11.5 Å². The Hall–Kier alpha value is -3.68. The molecule has 0 atom stereocenters. The molecule has 1 aromatic heterocycles. The largest absolute Gasteiger partial charge is 0.457 e. The second-order valence-corrected chi connectivity index (χ2v) is 8.42. The summed E-state index contributed by atoms with van der Waals surface area (Å²) >= 11 is 0. The first-order valence-electron chi connectivity index (χ1n) is 10.9. The van der Waals surface area contributed by atoms with Gasteiger partial charge in [0.25, 0.3) is 0 Å². The number of aryl methyl sites for hydroxylation is 1. The number of Topliss-reactive ketones (excluding diaryl/α,β-unsaturated/α-hetero) is 1. The molecule has 8 heteroatoms. The summed E-state index contributed by atoms with van der Waals surface area (Å²) < 4.78 is 44.6. The number of nitrogens with zero attached hydrogens (tertiary/aromatic N) is 1. The molecule has 0 radical (unpaired) electrons. The second-order valence-electron chi connectivity index (χ2n) is 8.42. The minimum atomic E-state index is -4.44. The number of carbonyl (C=O) groups excluding carboxylic acids is 2. The molecule has 1 aliphatic rings. The van der Waals surface area contributed by atoms with Crippen molar-refractivity contribution in [3.05, 3.63) is 83.0 Å². The van der Waals surface area contributed by atoms with Gasteiger partial charge in [0.15, 0.2) is 0 Å². The molecule has 34 heavy (non-hydrogen) atoms. The Kier molecular flexibility index (Phi) is 6.68.